The number of rotatable bonds is 7. The lowest BCUT2D eigenvalue weighted by atomic mass is 9.73. The zero-order valence-electron chi connectivity index (χ0n) is 13.2. The number of hydrogen-bond donors (Lipinski definition) is 1. The van der Waals surface area contributed by atoms with Crippen molar-refractivity contribution in [1.29, 1.82) is 0 Å². The Labute approximate surface area is 123 Å². The molecule has 0 bridgehead atoms. The maximum absolute atomic E-state index is 5.62. The van der Waals surface area contributed by atoms with Crippen molar-refractivity contribution in [1.82, 2.24) is 5.32 Å². The lowest BCUT2D eigenvalue weighted by Crippen LogP contribution is -2.37. The van der Waals surface area contributed by atoms with Crippen LogP contribution in [-0.4, -0.2) is 13.7 Å². The van der Waals surface area contributed by atoms with Crippen molar-refractivity contribution in [3.8, 4) is 5.75 Å². The molecule has 0 spiro atoms. The predicted octanol–water partition coefficient (Wildman–Crippen LogP) is 4.71. The maximum atomic E-state index is 5.62. The Morgan fingerprint density at radius 3 is 2.50 bits per heavy atom. The fraction of sp³-hybridized carbons (Fsp3) is 0.667. The van der Waals surface area contributed by atoms with E-state index in [4.69, 9.17) is 4.74 Å². The Morgan fingerprint density at radius 2 is 1.90 bits per heavy atom. The molecule has 1 atom stereocenters. The minimum absolute atomic E-state index is 0.407. The molecule has 1 unspecified atom stereocenters. The summed E-state index contributed by atoms with van der Waals surface area (Å²) in [6.07, 6.45) is 7.82. The van der Waals surface area contributed by atoms with Crippen LogP contribution in [0.25, 0.3) is 0 Å². The second-order valence-corrected chi connectivity index (χ2v) is 6.05. The van der Waals surface area contributed by atoms with Crippen molar-refractivity contribution in [3.63, 3.8) is 0 Å². The number of nitrogens with one attached hydrogen (secondary N) is 1. The normalized spacial score (nSPS) is 18.9. The number of hydrogen-bond acceptors (Lipinski definition) is 2. The highest BCUT2D eigenvalue weighted by atomic mass is 16.5. The van der Waals surface area contributed by atoms with Crippen LogP contribution in [0, 0.1) is 5.41 Å². The number of para-hydroxylation sites is 1. The van der Waals surface area contributed by atoms with Gasteiger partial charge < -0.3 is 10.1 Å². The van der Waals surface area contributed by atoms with Gasteiger partial charge in [0.1, 0.15) is 5.75 Å². The Kier molecular flexibility index (Phi) is 5.47. The molecule has 1 aromatic rings. The average Bonchev–Trinajstić information content (AvgIpc) is 2.98. The van der Waals surface area contributed by atoms with E-state index in [9.17, 15) is 0 Å². The number of ether oxygens (including phenoxy) is 1. The third-order valence-electron chi connectivity index (χ3n) is 4.96. The van der Waals surface area contributed by atoms with Crippen LogP contribution < -0.4 is 10.1 Å². The molecule has 0 saturated heterocycles. The van der Waals surface area contributed by atoms with Crippen LogP contribution in [0.2, 0.25) is 0 Å². The topological polar surface area (TPSA) is 21.3 Å². The third-order valence-corrected chi connectivity index (χ3v) is 4.96. The molecule has 2 heteroatoms. The quantitative estimate of drug-likeness (QED) is 0.778. The van der Waals surface area contributed by atoms with Crippen molar-refractivity contribution >= 4 is 0 Å². The van der Waals surface area contributed by atoms with Crippen molar-refractivity contribution in [2.45, 2.75) is 58.4 Å². The molecule has 1 fully saturated rings. The Morgan fingerprint density at radius 1 is 1.20 bits per heavy atom. The number of methoxy groups -OCH3 is 1. The maximum Gasteiger partial charge on any atom is 0.123 e. The molecular formula is C18H29NO. The second kappa shape index (κ2) is 7.12. The Bertz CT molecular complexity index is 410. The summed E-state index contributed by atoms with van der Waals surface area (Å²) in [5, 5.41) is 3.81. The molecule has 112 valence electrons. The van der Waals surface area contributed by atoms with Crippen LogP contribution in [0.1, 0.15) is 64.0 Å². The summed E-state index contributed by atoms with van der Waals surface area (Å²) in [5.41, 5.74) is 1.75. The standard InChI is InChI=1S/C18H29NO/c1-4-14-19-17(18(5-2)12-8-9-13-18)15-10-6-7-11-16(15)20-3/h6-7,10-11,17,19H,4-5,8-9,12-14H2,1-3H3. The molecule has 2 rings (SSSR count). The summed E-state index contributed by atoms with van der Waals surface area (Å²) in [4.78, 5) is 0. The van der Waals surface area contributed by atoms with Gasteiger partial charge in [-0.3, -0.25) is 0 Å². The zero-order valence-corrected chi connectivity index (χ0v) is 13.2. The van der Waals surface area contributed by atoms with Gasteiger partial charge in [-0.05, 0) is 43.7 Å². The molecule has 1 N–H and O–H groups in total. The SMILES string of the molecule is CCCNC(c1ccccc1OC)C1(CC)CCCC1. The van der Waals surface area contributed by atoms with E-state index in [0.29, 0.717) is 11.5 Å². The van der Waals surface area contributed by atoms with E-state index in [1.54, 1.807) is 7.11 Å². The predicted molar refractivity (Wildman–Crippen MR) is 85.2 cm³/mol. The molecule has 1 aromatic carbocycles. The van der Waals surface area contributed by atoms with Gasteiger partial charge in [-0.25, -0.2) is 0 Å². The third kappa shape index (κ3) is 3.01. The van der Waals surface area contributed by atoms with E-state index in [0.717, 1.165) is 12.3 Å². The molecule has 1 aliphatic rings. The van der Waals surface area contributed by atoms with Crippen LogP contribution in [0.3, 0.4) is 0 Å². The lowest BCUT2D eigenvalue weighted by molar-refractivity contribution is 0.183. The van der Waals surface area contributed by atoms with Crippen molar-refractivity contribution in [2.24, 2.45) is 5.41 Å². The summed E-state index contributed by atoms with van der Waals surface area (Å²) >= 11 is 0. The summed E-state index contributed by atoms with van der Waals surface area (Å²) < 4.78 is 5.62. The van der Waals surface area contributed by atoms with Crippen molar-refractivity contribution in [2.75, 3.05) is 13.7 Å². The fourth-order valence-electron chi connectivity index (χ4n) is 3.78. The molecule has 0 amide bonds. The molecule has 1 saturated carbocycles. The molecule has 0 aromatic heterocycles. The largest absolute Gasteiger partial charge is 0.496 e. The van der Waals surface area contributed by atoms with Crippen LogP contribution in [0.15, 0.2) is 24.3 Å². The van der Waals surface area contributed by atoms with E-state index in [2.05, 4.69) is 43.4 Å². The molecule has 0 radical (unpaired) electrons. The fourth-order valence-corrected chi connectivity index (χ4v) is 3.78. The van der Waals surface area contributed by atoms with Gasteiger partial charge in [0.15, 0.2) is 0 Å². The zero-order chi connectivity index (χ0) is 14.4. The van der Waals surface area contributed by atoms with E-state index in [1.165, 1.54) is 44.1 Å². The summed E-state index contributed by atoms with van der Waals surface area (Å²) in [7, 11) is 1.78. The van der Waals surface area contributed by atoms with Gasteiger partial charge in [0, 0.05) is 11.6 Å². The minimum atomic E-state index is 0.407. The van der Waals surface area contributed by atoms with Crippen LogP contribution in [0.4, 0.5) is 0 Å². The van der Waals surface area contributed by atoms with Gasteiger partial charge in [-0.15, -0.1) is 0 Å². The second-order valence-electron chi connectivity index (χ2n) is 6.05. The van der Waals surface area contributed by atoms with E-state index >= 15 is 0 Å². The highest BCUT2D eigenvalue weighted by Gasteiger charge is 2.41. The molecular weight excluding hydrogens is 246 g/mol. The highest BCUT2D eigenvalue weighted by molar-refractivity contribution is 5.37. The molecule has 0 aliphatic heterocycles. The summed E-state index contributed by atoms with van der Waals surface area (Å²) in [6, 6.07) is 8.95. The smallest absolute Gasteiger partial charge is 0.123 e. The van der Waals surface area contributed by atoms with Gasteiger partial charge in [-0.1, -0.05) is 44.9 Å². The first kappa shape index (κ1) is 15.4. The molecule has 0 heterocycles. The van der Waals surface area contributed by atoms with Crippen LogP contribution in [0.5, 0.6) is 5.75 Å². The first-order chi connectivity index (χ1) is 9.77. The summed E-state index contributed by atoms with van der Waals surface area (Å²) in [6.45, 7) is 5.66. The Balaban J connectivity index is 2.35. The lowest BCUT2D eigenvalue weighted by Gasteiger charge is -2.38. The van der Waals surface area contributed by atoms with Crippen molar-refractivity contribution in [3.05, 3.63) is 29.8 Å². The monoisotopic (exact) mass is 275 g/mol. The van der Waals surface area contributed by atoms with E-state index < -0.39 is 0 Å². The first-order valence-electron chi connectivity index (χ1n) is 8.13. The van der Waals surface area contributed by atoms with Gasteiger partial charge in [0.2, 0.25) is 0 Å². The molecule has 2 nitrogen and oxygen atoms in total. The van der Waals surface area contributed by atoms with Crippen LogP contribution in [-0.2, 0) is 0 Å². The van der Waals surface area contributed by atoms with Crippen LogP contribution >= 0.6 is 0 Å². The van der Waals surface area contributed by atoms with Crippen molar-refractivity contribution < 1.29 is 4.74 Å². The van der Waals surface area contributed by atoms with Gasteiger partial charge in [0.05, 0.1) is 7.11 Å². The minimum Gasteiger partial charge on any atom is -0.496 e. The average molecular weight is 275 g/mol. The van der Waals surface area contributed by atoms with E-state index in [-0.39, 0.29) is 0 Å². The molecule has 1 aliphatic carbocycles. The van der Waals surface area contributed by atoms with Gasteiger partial charge in [0.25, 0.3) is 0 Å². The summed E-state index contributed by atoms with van der Waals surface area (Å²) in [5.74, 6) is 1.03. The first-order valence-corrected chi connectivity index (χ1v) is 8.13. The van der Waals surface area contributed by atoms with E-state index in [1.807, 2.05) is 0 Å². The molecule has 20 heavy (non-hydrogen) atoms. The van der Waals surface area contributed by atoms with Gasteiger partial charge in [-0.2, -0.15) is 0 Å². The highest BCUT2D eigenvalue weighted by Crippen LogP contribution is 2.51. The van der Waals surface area contributed by atoms with Gasteiger partial charge >= 0.3 is 0 Å². The number of benzene rings is 1. The Hall–Kier alpha value is -1.02.